The Hall–Kier alpha value is -1.67. The zero-order valence-electron chi connectivity index (χ0n) is 33.0. The third kappa shape index (κ3) is 23.1. The Morgan fingerprint density at radius 1 is 0.642 bits per heavy atom. The maximum Gasteiger partial charge on any atom is 0.249 e. The fourth-order valence-electron chi connectivity index (χ4n) is 6.36. The Morgan fingerprint density at radius 2 is 1.15 bits per heavy atom. The van der Waals surface area contributed by atoms with Crippen molar-refractivity contribution in [2.75, 3.05) is 13.2 Å². The highest BCUT2D eigenvalue weighted by atomic mass is 16.7. The minimum absolute atomic E-state index is 0.241. The number of ether oxygens (including phenoxy) is 2. The fourth-order valence-corrected chi connectivity index (χ4v) is 6.36. The molecule has 1 fully saturated rings. The number of hydrogen-bond donors (Lipinski definition) is 8. The maximum atomic E-state index is 13.0. The molecule has 53 heavy (non-hydrogen) atoms. The zero-order chi connectivity index (χ0) is 39.1. The van der Waals surface area contributed by atoms with Gasteiger partial charge in [0.25, 0.3) is 0 Å². The lowest BCUT2D eigenvalue weighted by Gasteiger charge is -2.40. The molecule has 0 aromatic heterocycles. The molecule has 11 nitrogen and oxygen atoms in total. The second kappa shape index (κ2) is 32.6. The summed E-state index contributed by atoms with van der Waals surface area (Å²) in [4.78, 5) is 13.0. The highest BCUT2D eigenvalue weighted by molar-refractivity contribution is 5.80. The van der Waals surface area contributed by atoms with E-state index in [1.54, 1.807) is 0 Å². The van der Waals surface area contributed by atoms with E-state index >= 15 is 0 Å². The van der Waals surface area contributed by atoms with Crippen molar-refractivity contribution in [1.29, 1.82) is 0 Å². The van der Waals surface area contributed by atoms with Crippen LogP contribution in [0.5, 0.6) is 0 Å². The number of aliphatic hydroxyl groups excluding tert-OH is 7. The number of allylic oxidation sites excluding steroid dienone is 6. The SMILES string of the molecule is CCC/C=C/CC/C=C/CC/C=C/CCCC(O)C(O)C(COC1OC(CO)C(O)C(O)C1O)NC(=O)C(O)CCCCCCCCCCCCCC. The van der Waals surface area contributed by atoms with Crippen LogP contribution in [0.3, 0.4) is 0 Å². The lowest BCUT2D eigenvalue weighted by molar-refractivity contribution is -0.303. The number of carbonyl (C=O) groups is 1. The molecule has 310 valence electrons. The van der Waals surface area contributed by atoms with Gasteiger partial charge in [-0.2, -0.15) is 0 Å². The fraction of sp³-hybridized carbons (Fsp3) is 0.833. The van der Waals surface area contributed by atoms with E-state index in [1.165, 1.54) is 57.8 Å². The Kier molecular flexibility index (Phi) is 30.3. The maximum absolute atomic E-state index is 13.0. The molecule has 8 N–H and O–H groups in total. The van der Waals surface area contributed by atoms with Gasteiger partial charge in [-0.15, -0.1) is 0 Å². The van der Waals surface area contributed by atoms with Crippen molar-refractivity contribution >= 4 is 5.91 Å². The third-order valence-corrected chi connectivity index (χ3v) is 9.88. The second-order valence-corrected chi connectivity index (χ2v) is 14.7. The summed E-state index contributed by atoms with van der Waals surface area (Å²) in [6.07, 6.45) is 23.4. The van der Waals surface area contributed by atoms with Gasteiger partial charge < -0.3 is 50.5 Å². The molecule has 11 heteroatoms. The predicted molar refractivity (Wildman–Crippen MR) is 210 cm³/mol. The van der Waals surface area contributed by atoms with Gasteiger partial charge in [0.05, 0.1) is 25.4 Å². The first-order valence-corrected chi connectivity index (χ1v) is 20.9. The molecule has 9 atom stereocenters. The Bertz CT molecular complexity index is 960. The van der Waals surface area contributed by atoms with E-state index < -0.39 is 74.2 Å². The summed E-state index contributed by atoms with van der Waals surface area (Å²) in [5, 5.41) is 75.3. The average molecular weight is 756 g/mol. The average Bonchev–Trinajstić information content (AvgIpc) is 3.16. The summed E-state index contributed by atoms with van der Waals surface area (Å²) < 4.78 is 11.0. The molecule has 0 aliphatic carbocycles. The Morgan fingerprint density at radius 3 is 1.68 bits per heavy atom. The number of nitrogens with one attached hydrogen (secondary N) is 1. The van der Waals surface area contributed by atoms with Gasteiger partial charge in [0.1, 0.15) is 36.6 Å². The molecule has 0 aromatic rings. The number of unbranched alkanes of at least 4 members (excludes halogenated alkanes) is 15. The summed E-state index contributed by atoms with van der Waals surface area (Å²) in [6.45, 7) is 3.31. The molecule has 9 unspecified atom stereocenters. The van der Waals surface area contributed by atoms with Crippen LogP contribution in [-0.2, 0) is 14.3 Å². The first-order valence-electron chi connectivity index (χ1n) is 20.9. The van der Waals surface area contributed by atoms with Crippen molar-refractivity contribution in [3.8, 4) is 0 Å². The molecule has 0 bridgehead atoms. The van der Waals surface area contributed by atoms with Gasteiger partial charge in [0.2, 0.25) is 5.91 Å². The van der Waals surface area contributed by atoms with E-state index in [0.29, 0.717) is 19.3 Å². The van der Waals surface area contributed by atoms with Crippen LogP contribution >= 0.6 is 0 Å². The third-order valence-electron chi connectivity index (χ3n) is 9.88. The van der Waals surface area contributed by atoms with Crippen LogP contribution in [0.4, 0.5) is 0 Å². The van der Waals surface area contributed by atoms with Crippen LogP contribution in [0.25, 0.3) is 0 Å². The van der Waals surface area contributed by atoms with Crippen LogP contribution in [0.15, 0.2) is 36.5 Å². The lowest BCUT2D eigenvalue weighted by atomic mass is 9.98. The van der Waals surface area contributed by atoms with E-state index in [-0.39, 0.29) is 12.8 Å². The van der Waals surface area contributed by atoms with Gasteiger partial charge in [-0.05, 0) is 57.8 Å². The number of rotatable bonds is 33. The molecular formula is C42H77NO10. The van der Waals surface area contributed by atoms with E-state index in [1.807, 2.05) is 6.08 Å². The Labute approximate surface area is 320 Å². The van der Waals surface area contributed by atoms with Crippen LogP contribution in [-0.4, -0.2) is 110 Å². The molecule has 1 aliphatic heterocycles. The molecule has 0 radical (unpaired) electrons. The quantitative estimate of drug-likeness (QED) is 0.0307. The highest BCUT2D eigenvalue weighted by Crippen LogP contribution is 2.23. The largest absolute Gasteiger partial charge is 0.394 e. The topological polar surface area (TPSA) is 189 Å². The molecule has 0 saturated carbocycles. The molecular weight excluding hydrogens is 678 g/mol. The lowest BCUT2D eigenvalue weighted by Crippen LogP contribution is -2.60. The molecule has 0 spiro atoms. The smallest absolute Gasteiger partial charge is 0.249 e. The van der Waals surface area contributed by atoms with Gasteiger partial charge >= 0.3 is 0 Å². The minimum Gasteiger partial charge on any atom is -0.394 e. The number of amides is 1. The van der Waals surface area contributed by atoms with Crippen molar-refractivity contribution in [2.45, 2.75) is 210 Å². The predicted octanol–water partition coefficient (Wildman–Crippen LogP) is 5.66. The monoisotopic (exact) mass is 756 g/mol. The second-order valence-electron chi connectivity index (χ2n) is 14.7. The van der Waals surface area contributed by atoms with Crippen molar-refractivity contribution in [2.24, 2.45) is 0 Å². The van der Waals surface area contributed by atoms with Crippen molar-refractivity contribution in [3.63, 3.8) is 0 Å². The normalized spacial score (nSPS) is 23.2. The number of carbonyl (C=O) groups excluding carboxylic acids is 1. The highest BCUT2D eigenvalue weighted by Gasteiger charge is 2.44. The molecule has 1 amide bonds. The standard InChI is InChI=1S/C42H77NO10/c1-3-5-7-9-11-13-15-17-18-20-21-23-25-27-29-34(45)37(47)33(32-52-42-40(50)39(49)38(48)36(31-44)53-42)43-41(51)35(46)30-28-26-24-22-19-16-14-12-10-8-6-4-2/h7,9,15,17,21,23,33-40,42,44-50H,3-6,8,10-14,16,18-20,22,24-32H2,1-2H3,(H,43,51)/b9-7+,17-15+,23-21+. The van der Waals surface area contributed by atoms with Gasteiger partial charge in [-0.25, -0.2) is 0 Å². The first-order chi connectivity index (χ1) is 25.7. The van der Waals surface area contributed by atoms with Gasteiger partial charge in [-0.1, -0.05) is 134 Å². The van der Waals surface area contributed by atoms with Crippen LogP contribution in [0.1, 0.15) is 155 Å². The van der Waals surface area contributed by atoms with E-state index in [0.717, 1.165) is 51.4 Å². The minimum atomic E-state index is -1.67. The van der Waals surface area contributed by atoms with Crippen LogP contribution in [0, 0.1) is 0 Å². The number of aliphatic hydroxyl groups is 7. The van der Waals surface area contributed by atoms with Crippen molar-refractivity contribution in [3.05, 3.63) is 36.5 Å². The van der Waals surface area contributed by atoms with Crippen molar-refractivity contribution in [1.82, 2.24) is 5.32 Å². The van der Waals surface area contributed by atoms with E-state index in [2.05, 4.69) is 49.5 Å². The molecule has 1 aliphatic rings. The van der Waals surface area contributed by atoms with E-state index in [4.69, 9.17) is 9.47 Å². The first kappa shape index (κ1) is 49.3. The van der Waals surface area contributed by atoms with Gasteiger partial charge in [0, 0.05) is 0 Å². The van der Waals surface area contributed by atoms with E-state index in [9.17, 15) is 40.5 Å². The summed E-state index contributed by atoms with van der Waals surface area (Å²) in [5.41, 5.74) is 0. The Balaban J connectivity index is 2.57. The van der Waals surface area contributed by atoms with Gasteiger partial charge in [-0.3, -0.25) is 4.79 Å². The summed E-state index contributed by atoms with van der Waals surface area (Å²) in [5.74, 6) is -0.716. The molecule has 1 rings (SSSR count). The van der Waals surface area contributed by atoms with Crippen molar-refractivity contribution < 1.29 is 50.0 Å². The molecule has 1 saturated heterocycles. The zero-order valence-corrected chi connectivity index (χ0v) is 33.0. The summed E-state index contributed by atoms with van der Waals surface area (Å²) in [7, 11) is 0. The van der Waals surface area contributed by atoms with Crippen LogP contribution < -0.4 is 5.32 Å². The van der Waals surface area contributed by atoms with Gasteiger partial charge in [0.15, 0.2) is 6.29 Å². The number of hydrogen-bond acceptors (Lipinski definition) is 10. The summed E-state index contributed by atoms with van der Waals surface area (Å²) >= 11 is 0. The molecule has 0 aromatic carbocycles. The summed E-state index contributed by atoms with van der Waals surface area (Å²) in [6, 6.07) is -1.19. The van der Waals surface area contributed by atoms with Crippen LogP contribution in [0.2, 0.25) is 0 Å². The molecule has 1 heterocycles.